The summed E-state index contributed by atoms with van der Waals surface area (Å²) in [6.45, 7) is -0.301. The number of nitrogens with zero attached hydrogens (tertiary/aromatic N) is 2. The molecule has 142 valence electrons. The number of nitrogens with one attached hydrogen (secondary N) is 1. The topological polar surface area (TPSA) is 114 Å². The molecule has 1 aromatic carbocycles. The van der Waals surface area contributed by atoms with Crippen molar-refractivity contribution in [1.82, 2.24) is 10.3 Å². The molecule has 2 heterocycles. The van der Waals surface area contributed by atoms with E-state index < -0.39 is 30.5 Å². The standard InChI is InChI=1S/C18H19N3O6/c1-26-18(25)14-8-11-4-2-3-5-12(11)9-21(14)16(23)10-27-17(24)13-6-7-15(22)20-19-13/h2-5,14H,6-10H2,1H3,(H,20,22)/t14-/m0/s1. The fourth-order valence-electron chi connectivity index (χ4n) is 3.05. The highest BCUT2D eigenvalue weighted by Gasteiger charge is 2.35. The van der Waals surface area contributed by atoms with E-state index in [0.717, 1.165) is 11.1 Å². The Hall–Kier alpha value is -3.23. The minimum atomic E-state index is -0.776. The number of benzene rings is 1. The molecular weight excluding hydrogens is 354 g/mol. The van der Waals surface area contributed by atoms with Crippen LogP contribution in [0, 0.1) is 0 Å². The third-order valence-electron chi connectivity index (χ3n) is 4.51. The van der Waals surface area contributed by atoms with Crippen LogP contribution in [0.1, 0.15) is 24.0 Å². The Morgan fingerprint density at radius 1 is 1.22 bits per heavy atom. The molecule has 1 aromatic rings. The van der Waals surface area contributed by atoms with Gasteiger partial charge in [-0.2, -0.15) is 5.10 Å². The van der Waals surface area contributed by atoms with Gasteiger partial charge in [0.15, 0.2) is 6.61 Å². The van der Waals surface area contributed by atoms with E-state index in [9.17, 15) is 19.2 Å². The van der Waals surface area contributed by atoms with Crippen molar-refractivity contribution in [3.05, 3.63) is 35.4 Å². The second kappa shape index (κ2) is 7.98. The first-order valence-electron chi connectivity index (χ1n) is 8.46. The van der Waals surface area contributed by atoms with Crippen molar-refractivity contribution < 1.29 is 28.7 Å². The number of esters is 2. The number of rotatable bonds is 4. The van der Waals surface area contributed by atoms with Crippen molar-refractivity contribution >= 4 is 29.5 Å². The summed E-state index contributed by atoms with van der Waals surface area (Å²) in [5.41, 5.74) is 4.15. The van der Waals surface area contributed by atoms with E-state index in [1.807, 2.05) is 24.3 Å². The van der Waals surface area contributed by atoms with Crippen LogP contribution in [0.2, 0.25) is 0 Å². The van der Waals surface area contributed by atoms with Crippen LogP contribution in [0.15, 0.2) is 29.4 Å². The van der Waals surface area contributed by atoms with Gasteiger partial charge >= 0.3 is 11.9 Å². The summed E-state index contributed by atoms with van der Waals surface area (Å²) >= 11 is 0. The molecule has 0 aliphatic carbocycles. The zero-order valence-electron chi connectivity index (χ0n) is 14.8. The molecule has 1 atom stereocenters. The average Bonchev–Trinajstić information content (AvgIpc) is 2.70. The van der Waals surface area contributed by atoms with Crippen LogP contribution < -0.4 is 5.43 Å². The maximum absolute atomic E-state index is 12.6. The summed E-state index contributed by atoms with van der Waals surface area (Å²) in [6, 6.07) is 6.74. The molecule has 0 saturated heterocycles. The van der Waals surface area contributed by atoms with Gasteiger partial charge in [-0.1, -0.05) is 24.3 Å². The second-order valence-corrected chi connectivity index (χ2v) is 6.20. The highest BCUT2D eigenvalue weighted by Crippen LogP contribution is 2.24. The molecule has 0 radical (unpaired) electrons. The zero-order valence-corrected chi connectivity index (χ0v) is 14.8. The fourth-order valence-corrected chi connectivity index (χ4v) is 3.05. The van der Waals surface area contributed by atoms with Crippen molar-refractivity contribution in [2.45, 2.75) is 31.8 Å². The Morgan fingerprint density at radius 3 is 2.63 bits per heavy atom. The first-order chi connectivity index (χ1) is 13.0. The normalized spacial score (nSPS) is 18.7. The first-order valence-corrected chi connectivity index (χ1v) is 8.46. The summed E-state index contributed by atoms with van der Waals surface area (Å²) in [4.78, 5) is 49.1. The van der Waals surface area contributed by atoms with Crippen molar-refractivity contribution in [1.29, 1.82) is 0 Å². The van der Waals surface area contributed by atoms with Crippen LogP contribution in [0.5, 0.6) is 0 Å². The summed E-state index contributed by atoms with van der Waals surface area (Å²) < 4.78 is 9.83. The zero-order chi connectivity index (χ0) is 19.4. The van der Waals surface area contributed by atoms with Crippen LogP contribution in [0.4, 0.5) is 0 Å². The molecule has 9 nitrogen and oxygen atoms in total. The Bertz CT molecular complexity index is 819. The van der Waals surface area contributed by atoms with Crippen LogP contribution in [-0.4, -0.2) is 54.1 Å². The van der Waals surface area contributed by atoms with Gasteiger partial charge < -0.3 is 14.4 Å². The molecule has 2 aliphatic heterocycles. The molecule has 0 fully saturated rings. The van der Waals surface area contributed by atoms with E-state index in [1.165, 1.54) is 12.0 Å². The van der Waals surface area contributed by atoms with E-state index in [2.05, 4.69) is 10.5 Å². The summed E-state index contributed by atoms with van der Waals surface area (Å²) in [5, 5.41) is 3.63. The average molecular weight is 373 g/mol. The monoisotopic (exact) mass is 373 g/mol. The lowest BCUT2D eigenvalue weighted by Crippen LogP contribution is -2.50. The van der Waals surface area contributed by atoms with Gasteiger partial charge in [-0.3, -0.25) is 9.59 Å². The molecule has 0 bridgehead atoms. The highest BCUT2D eigenvalue weighted by atomic mass is 16.5. The SMILES string of the molecule is COC(=O)[C@@H]1Cc2ccccc2CN1C(=O)COC(=O)C1=NNC(=O)CC1. The molecule has 9 heteroatoms. The number of hydrogen-bond acceptors (Lipinski definition) is 7. The second-order valence-electron chi connectivity index (χ2n) is 6.20. The summed E-state index contributed by atoms with van der Waals surface area (Å²) in [6.07, 6.45) is 0.622. The van der Waals surface area contributed by atoms with E-state index >= 15 is 0 Å². The van der Waals surface area contributed by atoms with Crippen molar-refractivity contribution in [2.75, 3.05) is 13.7 Å². The summed E-state index contributed by atoms with van der Waals surface area (Å²) in [7, 11) is 1.26. The Morgan fingerprint density at radius 2 is 1.96 bits per heavy atom. The first kappa shape index (κ1) is 18.6. The van der Waals surface area contributed by atoms with Gasteiger partial charge in [0.1, 0.15) is 11.8 Å². The number of ether oxygens (including phenoxy) is 2. The van der Waals surface area contributed by atoms with Gasteiger partial charge in [-0.15, -0.1) is 0 Å². The van der Waals surface area contributed by atoms with Gasteiger partial charge in [-0.05, 0) is 11.1 Å². The smallest absolute Gasteiger partial charge is 0.355 e. The molecular formula is C18H19N3O6. The third kappa shape index (κ3) is 4.13. The number of amides is 2. The minimum Gasteiger partial charge on any atom is -0.467 e. The number of methoxy groups -OCH3 is 1. The highest BCUT2D eigenvalue weighted by molar-refractivity contribution is 6.37. The van der Waals surface area contributed by atoms with Crippen LogP contribution in [-0.2, 0) is 41.6 Å². The van der Waals surface area contributed by atoms with Crippen molar-refractivity contribution in [3.8, 4) is 0 Å². The van der Waals surface area contributed by atoms with Crippen LogP contribution >= 0.6 is 0 Å². The molecule has 0 unspecified atom stereocenters. The Balaban J connectivity index is 1.67. The molecule has 0 spiro atoms. The van der Waals surface area contributed by atoms with Gasteiger partial charge in [0.25, 0.3) is 5.91 Å². The predicted molar refractivity (Wildman–Crippen MR) is 92.3 cm³/mol. The number of hydrogen-bond donors (Lipinski definition) is 1. The van der Waals surface area contributed by atoms with E-state index in [-0.39, 0.29) is 31.0 Å². The molecule has 27 heavy (non-hydrogen) atoms. The predicted octanol–water partition coefficient (Wildman–Crippen LogP) is -0.0779. The van der Waals surface area contributed by atoms with Gasteiger partial charge in [-0.25, -0.2) is 15.0 Å². The number of carbonyl (C=O) groups is 4. The molecule has 0 saturated carbocycles. The van der Waals surface area contributed by atoms with Gasteiger partial charge in [0.2, 0.25) is 5.91 Å². The Labute approximate surface area is 155 Å². The largest absolute Gasteiger partial charge is 0.467 e. The third-order valence-corrected chi connectivity index (χ3v) is 4.51. The van der Waals surface area contributed by atoms with E-state index in [4.69, 9.17) is 9.47 Å². The van der Waals surface area contributed by atoms with E-state index in [1.54, 1.807) is 0 Å². The maximum atomic E-state index is 12.6. The lowest BCUT2D eigenvalue weighted by atomic mass is 9.94. The van der Waals surface area contributed by atoms with Crippen molar-refractivity contribution in [2.24, 2.45) is 5.10 Å². The number of carbonyl (C=O) groups excluding carboxylic acids is 4. The minimum absolute atomic E-state index is 0.0518. The molecule has 1 N–H and O–H groups in total. The summed E-state index contributed by atoms with van der Waals surface area (Å²) in [5.74, 6) is -2.08. The lowest BCUT2D eigenvalue weighted by Gasteiger charge is -2.35. The van der Waals surface area contributed by atoms with Crippen LogP contribution in [0.25, 0.3) is 0 Å². The molecule has 2 amide bonds. The maximum Gasteiger partial charge on any atom is 0.355 e. The molecule has 2 aliphatic rings. The van der Waals surface area contributed by atoms with Gasteiger partial charge in [0, 0.05) is 25.8 Å². The van der Waals surface area contributed by atoms with Crippen molar-refractivity contribution in [3.63, 3.8) is 0 Å². The quantitative estimate of drug-likeness (QED) is 0.739. The van der Waals surface area contributed by atoms with E-state index in [0.29, 0.717) is 6.42 Å². The van der Waals surface area contributed by atoms with Gasteiger partial charge in [0.05, 0.1) is 7.11 Å². The fraction of sp³-hybridized carbons (Fsp3) is 0.389. The molecule has 0 aromatic heterocycles. The lowest BCUT2D eigenvalue weighted by molar-refractivity contribution is -0.157. The number of hydrazone groups is 1. The molecule has 3 rings (SSSR count). The van der Waals surface area contributed by atoms with Crippen LogP contribution in [0.3, 0.4) is 0 Å². The Kier molecular flexibility index (Phi) is 5.49. The number of fused-ring (bicyclic) bond motifs is 1.